The van der Waals surface area contributed by atoms with E-state index in [1.165, 1.54) is 0 Å². The first kappa shape index (κ1) is 24.6. The molecule has 2 aromatic rings. The quantitative estimate of drug-likeness (QED) is 0.587. The molecule has 9 nitrogen and oxygen atoms in total. The standard InChI is InChI=1S/C26H33N5O4/c1-26(2,3)16-11-21(24(33)29-17(13-27)10-15-8-9-28-23(15)32)31(14-16)25(34)20-12-18-19(30-20)6-5-7-22(18)35-4/h5-7,12,15-17,21,30H,8-11,14H2,1-4H3,(H,28,32)(H,29,33). The van der Waals surface area contributed by atoms with Crippen molar-refractivity contribution >= 4 is 28.6 Å². The van der Waals surface area contributed by atoms with Gasteiger partial charge in [0.1, 0.15) is 23.5 Å². The van der Waals surface area contributed by atoms with Crippen LogP contribution in [0.4, 0.5) is 0 Å². The Kier molecular flexibility index (Phi) is 6.75. The van der Waals surface area contributed by atoms with Crippen molar-refractivity contribution in [2.75, 3.05) is 20.2 Å². The summed E-state index contributed by atoms with van der Waals surface area (Å²) in [6.45, 7) is 7.33. The molecule has 0 spiro atoms. The van der Waals surface area contributed by atoms with Crippen LogP contribution in [0.5, 0.6) is 5.75 Å². The van der Waals surface area contributed by atoms with E-state index in [0.717, 1.165) is 10.9 Å². The molecular formula is C26H33N5O4. The number of nitriles is 1. The second-order valence-electron chi connectivity index (χ2n) is 10.6. The molecule has 0 saturated carbocycles. The number of nitrogens with one attached hydrogen (secondary N) is 3. The van der Waals surface area contributed by atoms with Gasteiger partial charge in [0.05, 0.1) is 13.2 Å². The minimum Gasteiger partial charge on any atom is -0.496 e. The van der Waals surface area contributed by atoms with Crippen LogP contribution >= 0.6 is 0 Å². The highest BCUT2D eigenvalue weighted by Gasteiger charge is 2.44. The molecule has 1 aromatic carbocycles. The largest absolute Gasteiger partial charge is 0.496 e. The molecule has 1 aromatic heterocycles. The molecule has 9 heteroatoms. The second kappa shape index (κ2) is 9.61. The fourth-order valence-electron chi connectivity index (χ4n) is 5.08. The highest BCUT2D eigenvalue weighted by Crippen LogP contribution is 2.38. The minimum absolute atomic E-state index is 0.0841. The average Bonchev–Trinajstić information content (AvgIpc) is 3.55. The topological polar surface area (TPSA) is 127 Å². The summed E-state index contributed by atoms with van der Waals surface area (Å²) in [6, 6.07) is 7.93. The van der Waals surface area contributed by atoms with E-state index in [4.69, 9.17) is 4.74 Å². The zero-order valence-corrected chi connectivity index (χ0v) is 20.7. The van der Waals surface area contributed by atoms with Crippen LogP contribution in [0, 0.1) is 28.6 Å². The fourth-order valence-corrected chi connectivity index (χ4v) is 5.08. The van der Waals surface area contributed by atoms with Crippen molar-refractivity contribution in [2.24, 2.45) is 17.3 Å². The summed E-state index contributed by atoms with van der Waals surface area (Å²) in [4.78, 5) is 43.7. The molecule has 35 heavy (non-hydrogen) atoms. The normalized spacial score (nSPS) is 23.1. The van der Waals surface area contributed by atoms with Gasteiger partial charge in [-0.1, -0.05) is 26.8 Å². The number of H-pyrrole nitrogens is 1. The van der Waals surface area contributed by atoms with Crippen LogP contribution in [-0.2, 0) is 9.59 Å². The summed E-state index contributed by atoms with van der Waals surface area (Å²) in [5, 5.41) is 16.0. The number of rotatable bonds is 6. The number of methoxy groups -OCH3 is 1. The molecular weight excluding hydrogens is 446 g/mol. The number of carbonyl (C=O) groups is 3. The van der Waals surface area contributed by atoms with Gasteiger partial charge in [0.15, 0.2) is 0 Å². The Morgan fingerprint density at radius 3 is 2.74 bits per heavy atom. The molecule has 2 saturated heterocycles. The SMILES string of the molecule is COc1cccc2[nH]c(C(=O)N3CC(C(C)(C)C)CC3C(=O)NC(C#N)CC3CCNC3=O)cc12. The van der Waals surface area contributed by atoms with Crippen molar-refractivity contribution in [3.05, 3.63) is 30.0 Å². The van der Waals surface area contributed by atoms with Gasteiger partial charge < -0.3 is 25.3 Å². The fraction of sp³-hybridized carbons (Fsp3) is 0.538. The van der Waals surface area contributed by atoms with E-state index >= 15 is 0 Å². The third-order valence-electron chi connectivity index (χ3n) is 7.32. The van der Waals surface area contributed by atoms with Crippen LogP contribution in [0.2, 0.25) is 0 Å². The third-order valence-corrected chi connectivity index (χ3v) is 7.32. The zero-order valence-electron chi connectivity index (χ0n) is 20.7. The maximum absolute atomic E-state index is 13.6. The molecule has 0 radical (unpaired) electrons. The van der Waals surface area contributed by atoms with Crippen LogP contribution in [0.25, 0.3) is 10.9 Å². The number of fused-ring (bicyclic) bond motifs is 1. The molecule has 2 fully saturated rings. The summed E-state index contributed by atoms with van der Waals surface area (Å²) in [5.74, 6) is -0.220. The molecule has 0 bridgehead atoms. The number of hydrogen-bond acceptors (Lipinski definition) is 5. The Morgan fingerprint density at radius 1 is 1.34 bits per heavy atom. The molecule has 3 N–H and O–H groups in total. The lowest BCUT2D eigenvalue weighted by Gasteiger charge is -2.26. The number of hydrogen-bond donors (Lipinski definition) is 3. The van der Waals surface area contributed by atoms with Gasteiger partial charge in [-0.05, 0) is 48.8 Å². The Labute approximate surface area is 205 Å². The van der Waals surface area contributed by atoms with E-state index in [1.54, 1.807) is 18.1 Å². The van der Waals surface area contributed by atoms with Crippen LogP contribution in [0.1, 0.15) is 50.5 Å². The molecule has 4 unspecified atom stereocenters. The number of aromatic nitrogens is 1. The van der Waals surface area contributed by atoms with Crippen molar-refractivity contribution in [3.8, 4) is 11.8 Å². The molecule has 2 aliphatic rings. The number of ether oxygens (including phenoxy) is 1. The van der Waals surface area contributed by atoms with E-state index in [0.29, 0.717) is 37.4 Å². The number of aromatic amines is 1. The predicted molar refractivity (Wildman–Crippen MR) is 131 cm³/mol. The second-order valence-corrected chi connectivity index (χ2v) is 10.6. The van der Waals surface area contributed by atoms with Crippen LogP contribution in [0.15, 0.2) is 24.3 Å². The van der Waals surface area contributed by atoms with Gasteiger partial charge in [0.2, 0.25) is 11.8 Å². The van der Waals surface area contributed by atoms with Gasteiger partial charge in [0.25, 0.3) is 5.91 Å². The van der Waals surface area contributed by atoms with Crippen molar-refractivity contribution in [1.29, 1.82) is 5.26 Å². The van der Waals surface area contributed by atoms with E-state index in [-0.39, 0.29) is 41.4 Å². The van der Waals surface area contributed by atoms with Crippen molar-refractivity contribution in [3.63, 3.8) is 0 Å². The van der Waals surface area contributed by atoms with E-state index in [2.05, 4.69) is 42.5 Å². The van der Waals surface area contributed by atoms with Crippen LogP contribution < -0.4 is 15.4 Å². The summed E-state index contributed by atoms with van der Waals surface area (Å²) in [5.41, 5.74) is 1.06. The molecule has 186 valence electrons. The maximum atomic E-state index is 13.6. The first-order valence-electron chi connectivity index (χ1n) is 12.1. The predicted octanol–water partition coefficient (Wildman–Crippen LogP) is 2.59. The van der Waals surface area contributed by atoms with Gasteiger partial charge in [-0.3, -0.25) is 14.4 Å². The monoisotopic (exact) mass is 479 g/mol. The lowest BCUT2D eigenvalue weighted by Crippen LogP contribution is -2.49. The summed E-state index contributed by atoms with van der Waals surface area (Å²) < 4.78 is 5.42. The summed E-state index contributed by atoms with van der Waals surface area (Å²) >= 11 is 0. The zero-order chi connectivity index (χ0) is 25.3. The lowest BCUT2D eigenvalue weighted by molar-refractivity contribution is -0.126. The first-order chi connectivity index (χ1) is 16.6. The Balaban J connectivity index is 1.56. The molecule has 3 amide bonds. The van der Waals surface area contributed by atoms with Crippen molar-refractivity contribution in [2.45, 2.75) is 52.1 Å². The van der Waals surface area contributed by atoms with Crippen molar-refractivity contribution < 1.29 is 19.1 Å². The van der Waals surface area contributed by atoms with E-state index in [9.17, 15) is 19.6 Å². The minimum atomic E-state index is -0.792. The molecule has 2 aliphatic heterocycles. The van der Waals surface area contributed by atoms with E-state index in [1.807, 2.05) is 18.2 Å². The Hall–Kier alpha value is -3.54. The van der Waals surface area contributed by atoms with Gasteiger partial charge >= 0.3 is 0 Å². The summed E-state index contributed by atoms with van der Waals surface area (Å²) in [7, 11) is 1.58. The highest BCUT2D eigenvalue weighted by molar-refractivity contribution is 6.01. The number of likely N-dealkylation sites (tertiary alicyclic amines) is 1. The van der Waals surface area contributed by atoms with Gasteiger partial charge in [-0.15, -0.1) is 0 Å². The number of nitrogens with zero attached hydrogens (tertiary/aromatic N) is 2. The van der Waals surface area contributed by atoms with E-state index < -0.39 is 12.1 Å². The summed E-state index contributed by atoms with van der Waals surface area (Å²) in [6.07, 6.45) is 1.42. The smallest absolute Gasteiger partial charge is 0.270 e. The molecule has 4 rings (SSSR count). The molecule has 0 aliphatic carbocycles. The van der Waals surface area contributed by atoms with Gasteiger partial charge in [0, 0.05) is 29.9 Å². The highest BCUT2D eigenvalue weighted by atomic mass is 16.5. The Bertz CT molecular complexity index is 1170. The Morgan fingerprint density at radius 2 is 2.11 bits per heavy atom. The first-order valence-corrected chi connectivity index (χ1v) is 12.1. The average molecular weight is 480 g/mol. The maximum Gasteiger partial charge on any atom is 0.270 e. The third kappa shape index (κ3) is 4.97. The number of amides is 3. The lowest BCUT2D eigenvalue weighted by atomic mass is 9.79. The van der Waals surface area contributed by atoms with Crippen LogP contribution in [-0.4, -0.2) is 59.9 Å². The number of benzene rings is 1. The number of carbonyl (C=O) groups excluding carboxylic acids is 3. The van der Waals surface area contributed by atoms with Gasteiger partial charge in [-0.25, -0.2) is 0 Å². The molecule has 4 atom stereocenters. The van der Waals surface area contributed by atoms with Crippen LogP contribution in [0.3, 0.4) is 0 Å². The molecule has 3 heterocycles. The van der Waals surface area contributed by atoms with Gasteiger partial charge in [-0.2, -0.15) is 5.26 Å². The van der Waals surface area contributed by atoms with Crippen molar-refractivity contribution in [1.82, 2.24) is 20.5 Å².